The van der Waals surface area contributed by atoms with Crippen LogP contribution in [0.2, 0.25) is 0 Å². The highest BCUT2D eigenvalue weighted by Crippen LogP contribution is 2.24. The smallest absolute Gasteiger partial charge is 0.261 e. The molecule has 0 spiro atoms. The molecule has 1 fully saturated rings. The van der Waals surface area contributed by atoms with Crippen LogP contribution >= 0.6 is 0 Å². The van der Waals surface area contributed by atoms with Gasteiger partial charge in [-0.15, -0.1) is 0 Å². The van der Waals surface area contributed by atoms with Gasteiger partial charge in [-0.25, -0.2) is 0 Å². The van der Waals surface area contributed by atoms with Crippen LogP contribution in [-0.4, -0.2) is 47.2 Å². The molecule has 1 aromatic carbocycles. The molecule has 2 aliphatic heterocycles. The Morgan fingerprint density at radius 3 is 2.45 bits per heavy atom. The number of amides is 3. The average Bonchev–Trinajstić information content (AvgIpc) is 2.77. The normalized spacial score (nSPS) is 17.9. The second kappa shape index (κ2) is 5.91. The quantitative estimate of drug-likeness (QED) is 0.802. The van der Waals surface area contributed by atoms with E-state index in [-0.39, 0.29) is 30.7 Å². The summed E-state index contributed by atoms with van der Waals surface area (Å²) in [4.78, 5) is 39.8. The molecule has 0 atom stereocenters. The molecule has 0 unspecified atom stereocenters. The highest BCUT2D eigenvalue weighted by atomic mass is 16.2. The summed E-state index contributed by atoms with van der Waals surface area (Å²) in [7, 11) is 0. The second-order valence-electron chi connectivity index (χ2n) is 6.00. The summed E-state index contributed by atoms with van der Waals surface area (Å²) < 4.78 is 0. The van der Waals surface area contributed by atoms with Gasteiger partial charge in [-0.1, -0.05) is 11.6 Å². The molecule has 0 aliphatic carbocycles. The molecule has 22 heavy (non-hydrogen) atoms. The fourth-order valence-electron chi connectivity index (χ4n) is 3.12. The summed E-state index contributed by atoms with van der Waals surface area (Å²) in [5.74, 6) is -0.533. The number of hydrogen-bond donors (Lipinski definition) is 0. The van der Waals surface area contributed by atoms with Gasteiger partial charge in [0.25, 0.3) is 11.8 Å². The van der Waals surface area contributed by atoms with Crippen molar-refractivity contribution in [2.45, 2.75) is 32.6 Å². The number of benzene rings is 1. The third-order valence-electron chi connectivity index (χ3n) is 4.38. The largest absolute Gasteiger partial charge is 0.343 e. The zero-order chi connectivity index (χ0) is 15.7. The van der Waals surface area contributed by atoms with Gasteiger partial charge in [-0.3, -0.25) is 19.3 Å². The summed E-state index contributed by atoms with van der Waals surface area (Å²) in [6.45, 7) is 3.64. The third kappa shape index (κ3) is 2.63. The van der Waals surface area contributed by atoms with Gasteiger partial charge in [0.2, 0.25) is 5.91 Å². The number of piperidine rings is 1. The van der Waals surface area contributed by atoms with E-state index in [0.29, 0.717) is 11.1 Å². The van der Waals surface area contributed by atoms with E-state index >= 15 is 0 Å². The fourth-order valence-corrected chi connectivity index (χ4v) is 3.12. The Kier molecular flexibility index (Phi) is 3.96. The van der Waals surface area contributed by atoms with Crippen LogP contribution in [0.25, 0.3) is 0 Å². The number of rotatable bonds is 3. The van der Waals surface area contributed by atoms with Crippen molar-refractivity contribution in [3.63, 3.8) is 0 Å². The maximum Gasteiger partial charge on any atom is 0.261 e. The first-order valence-electron chi connectivity index (χ1n) is 7.82. The molecule has 2 heterocycles. The highest BCUT2D eigenvalue weighted by Gasteiger charge is 2.35. The first kappa shape index (κ1) is 14.8. The Bertz CT molecular complexity index is 633. The number of fused-ring (bicyclic) bond motifs is 1. The summed E-state index contributed by atoms with van der Waals surface area (Å²) >= 11 is 0. The van der Waals surface area contributed by atoms with Crippen LogP contribution in [0, 0.1) is 6.92 Å². The summed E-state index contributed by atoms with van der Waals surface area (Å²) in [5.41, 5.74) is 1.85. The molecule has 0 N–H and O–H groups in total. The standard InChI is InChI=1S/C17H20N2O3/c1-12-5-6-13-14(11-12)17(22)19(16(13)21)10-7-15(20)18-8-3-2-4-9-18/h5-6,11H,2-4,7-10H2,1H3. The minimum atomic E-state index is -0.286. The van der Waals surface area contributed by atoms with Crippen LogP contribution in [0.5, 0.6) is 0 Å². The zero-order valence-electron chi connectivity index (χ0n) is 12.8. The fraction of sp³-hybridized carbons (Fsp3) is 0.471. The summed E-state index contributed by atoms with van der Waals surface area (Å²) in [6, 6.07) is 5.26. The Morgan fingerprint density at radius 1 is 1.05 bits per heavy atom. The van der Waals surface area contributed by atoms with Crippen LogP contribution in [0.15, 0.2) is 18.2 Å². The highest BCUT2D eigenvalue weighted by molar-refractivity contribution is 6.21. The van der Waals surface area contributed by atoms with E-state index in [2.05, 4.69) is 0 Å². The molecule has 0 bridgehead atoms. The topological polar surface area (TPSA) is 57.7 Å². The van der Waals surface area contributed by atoms with E-state index in [1.807, 2.05) is 17.9 Å². The van der Waals surface area contributed by atoms with Crippen molar-refractivity contribution < 1.29 is 14.4 Å². The molecule has 0 saturated carbocycles. The molecule has 116 valence electrons. The first-order valence-corrected chi connectivity index (χ1v) is 7.82. The minimum absolute atomic E-state index is 0.0347. The number of carbonyl (C=O) groups excluding carboxylic acids is 3. The predicted molar refractivity (Wildman–Crippen MR) is 81.6 cm³/mol. The molecule has 3 rings (SSSR count). The van der Waals surface area contributed by atoms with Crippen molar-refractivity contribution in [2.75, 3.05) is 19.6 Å². The lowest BCUT2D eigenvalue weighted by molar-refractivity contribution is -0.132. The van der Waals surface area contributed by atoms with E-state index < -0.39 is 0 Å². The number of aryl methyl sites for hydroxylation is 1. The van der Waals surface area contributed by atoms with E-state index in [0.717, 1.165) is 31.5 Å². The van der Waals surface area contributed by atoms with Gasteiger partial charge in [-0.2, -0.15) is 0 Å². The Balaban J connectivity index is 1.65. The molecule has 5 nitrogen and oxygen atoms in total. The lowest BCUT2D eigenvalue weighted by Gasteiger charge is -2.27. The molecule has 5 heteroatoms. The molecule has 3 amide bonds. The van der Waals surface area contributed by atoms with Crippen LogP contribution in [-0.2, 0) is 4.79 Å². The molecule has 1 saturated heterocycles. The van der Waals surface area contributed by atoms with Gasteiger partial charge < -0.3 is 4.90 Å². The lowest BCUT2D eigenvalue weighted by Crippen LogP contribution is -2.39. The van der Waals surface area contributed by atoms with Gasteiger partial charge in [0.1, 0.15) is 0 Å². The van der Waals surface area contributed by atoms with Crippen molar-refractivity contribution in [1.29, 1.82) is 0 Å². The number of imide groups is 1. The Morgan fingerprint density at radius 2 is 1.73 bits per heavy atom. The van der Waals surface area contributed by atoms with Crippen molar-refractivity contribution >= 4 is 17.7 Å². The Hall–Kier alpha value is -2.17. The molecular weight excluding hydrogens is 280 g/mol. The zero-order valence-corrected chi connectivity index (χ0v) is 12.8. The number of nitrogens with zero attached hydrogens (tertiary/aromatic N) is 2. The van der Waals surface area contributed by atoms with Crippen molar-refractivity contribution in [1.82, 2.24) is 9.80 Å². The third-order valence-corrected chi connectivity index (χ3v) is 4.38. The molecule has 2 aliphatic rings. The van der Waals surface area contributed by atoms with Gasteiger partial charge >= 0.3 is 0 Å². The lowest BCUT2D eigenvalue weighted by atomic mass is 10.1. The van der Waals surface area contributed by atoms with E-state index in [9.17, 15) is 14.4 Å². The SMILES string of the molecule is Cc1ccc2c(c1)C(=O)N(CCC(=O)N1CCCCC1)C2=O. The Labute approximate surface area is 129 Å². The maximum absolute atomic E-state index is 12.3. The van der Waals surface area contributed by atoms with E-state index in [1.165, 1.54) is 11.3 Å². The number of carbonyl (C=O) groups is 3. The van der Waals surface area contributed by atoms with Crippen molar-refractivity contribution in [3.05, 3.63) is 34.9 Å². The molecule has 1 aromatic rings. The molecule has 0 radical (unpaired) electrons. The van der Waals surface area contributed by atoms with Crippen LogP contribution < -0.4 is 0 Å². The van der Waals surface area contributed by atoms with Crippen LogP contribution in [0.4, 0.5) is 0 Å². The van der Waals surface area contributed by atoms with Gasteiger partial charge in [-0.05, 0) is 38.3 Å². The molecular formula is C17H20N2O3. The monoisotopic (exact) mass is 300 g/mol. The van der Waals surface area contributed by atoms with Gasteiger partial charge in [0, 0.05) is 26.1 Å². The predicted octanol–water partition coefficient (Wildman–Crippen LogP) is 1.99. The van der Waals surface area contributed by atoms with Gasteiger partial charge in [0.05, 0.1) is 11.1 Å². The number of hydrogen-bond acceptors (Lipinski definition) is 3. The van der Waals surface area contributed by atoms with Crippen LogP contribution in [0.3, 0.4) is 0 Å². The van der Waals surface area contributed by atoms with Crippen LogP contribution in [0.1, 0.15) is 52.0 Å². The maximum atomic E-state index is 12.3. The van der Waals surface area contributed by atoms with Crippen molar-refractivity contribution in [3.8, 4) is 0 Å². The van der Waals surface area contributed by atoms with E-state index in [4.69, 9.17) is 0 Å². The van der Waals surface area contributed by atoms with Gasteiger partial charge in [0.15, 0.2) is 0 Å². The summed E-state index contributed by atoms with van der Waals surface area (Å²) in [6.07, 6.45) is 3.46. The average molecular weight is 300 g/mol. The van der Waals surface area contributed by atoms with Crippen molar-refractivity contribution in [2.24, 2.45) is 0 Å². The minimum Gasteiger partial charge on any atom is -0.343 e. The number of likely N-dealkylation sites (tertiary alicyclic amines) is 1. The second-order valence-corrected chi connectivity index (χ2v) is 6.00. The van der Waals surface area contributed by atoms with E-state index in [1.54, 1.807) is 12.1 Å². The molecule has 0 aromatic heterocycles. The summed E-state index contributed by atoms with van der Waals surface area (Å²) in [5, 5.41) is 0. The first-order chi connectivity index (χ1) is 10.6.